The van der Waals surface area contributed by atoms with Crippen LogP contribution in [0.15, 0.2) is 30.3 Å². The van der Waals surface area contributed by atoms with Gasteiger partial charge < -0.3 is 14.8 Å². The molecule has 0 aliphatic rings. The molecule has 0 radical (unpaired) electrons. The summed E-state index contributed by atoms with van der Waals surface area (Å²) in [5.74, 6) is 0.878. The van der Waals surface area contributed by atoms with Gasteiger partial charge in [-0.3, -0.25) is 4.98 Å². The normalized spacial score (nSPS) is 10.9. The van der Waals surface area contributed by atoms with Gasteiger partial charge in [0.05, 0.1) is 17.8 Å². The van der Waals surface area contributed by atoms with E-state index >= 15 is 0 Å². The Labute approximate surface area is 120 Å². The topological polar surface area (TPSA) is 43.4 Å². The van der Waals surface area contributed by atoms with Gasteiger partial charge in [0, 0.05) is 24.6 Å². The Bertz CT molecular complexity index is 543. The van der Waals surface area contributed by atoms with Crippen molar-refractivity contribution in [3.63, 3.8) is 0 Å². The molecule has 4 heteroatoms. The van der Waals surface area contributed by atoms with E-state index in [2.05, 4.69) is 17.2 Å². The fourth-order valence-corrected chi connectivity index (χ4v) is 2.01. The van der Waals surface area contributed by atoms with Crippen molar-refractivity contribution < 1.29 is 9.47 Å². The van der Waals surface area contributed by atoms with Crippen LogP contribution in [-0.2, 0) is 11.3 Å². The Hall–Kier alpha value is -1.65. The van der Waals surface area contributed by atoms with E-state index in [-0.39, 0.29) is 0 Å². The highest BCUT2D eigenvalue weighted by Gasteiger charge is 2.06. The SMILES string of the molecule is CCNCc1cc(OCCOCC)c2ccccc2n1. The maximum absolute atomic E-state index is 5.85. The largest absolute Gasteiger partial charge is 0.490 e. The molecule has 108 valence electrons. The van der Waals surface area contributed by atoms with Gasteiger partial charge in [-0.1, -0.05) is 19.1 Å². The molecule has 0 saturated heterocycles. The highest BCUT2D eigenvalue weighted by Crippen LogP contribution is 2.25. The van der Waals surface area contributed by atoms with E-state index in [1.807, 2.05) is 37.3 Å². The van der Waals surface area contributed by atoms with Gasteiger partial charge in [-0.15, -0.1) is 0 Å². The third-order valence-electron chi connectivity index (χ3n) is 2.98. The van der Waals surface area contributed by atoms with Crippen molar-refractivity contribution in [2.75, 3.05) is 26.4 Å². The summed E-state index contributed by atoms with van der Waals surface area (Å²) in [6, 6.07) is 10.1. The van der Waals surface area contributed by atoms with E-state index in [1.54, 1.807) is 0 Å². The van der Waals surface area contributed by atoms with E-state index in [1.165, 1.54) is 0 Å². The number of nitrogens with one attached hydrogen (secondary N) is 1. The summed E-state index contributed by atoms with van der Waals surface area (Å²) < 4.78 is 11.2. The number of benzene rings is 1. The van der Waals surface area contributed by atoms with Gasteiger partial charge in [0.2, 0.25) is 0 Å². The third kappa shape index (κ3) is 3.92. The van der Waals surface area contributed by atoms with Crippen molar-refractivity contribution in [1.82, 2.24) is 10.3 Å². The highest BCUT2D eigenvalue weighted by atomic mass is 16.5. The van der Waals surface area contributed by atoms with Crippen molar-refractivity contribution in [2.24, 2.45) is 0 Å². The molecule has 0 fully saturated rings. The monoisotopic (exact) mass is 274 g/mol. The van der Waals surface area contributed by atoms with Gasteiger partial charge in [-0.25, -0.2) is 0 Å². The third-order valence-corrected chi connectivity index (χ3v) is 2.98. The van der Waals surface area contributed by atoms with Gasteiger partial charge in [0.25, 0.3) is 0 Å². The maximum atomic E-state index is 5.85. The number of fused-ring (bicyclic) bond motifs is 1. The van der Waals surface area contributed by atoms with Crippen LogP contribution in [0.3, 0.4) is 0 Å². The molecule has 0 atom stereocenters. The van der Waals surface area contributed by atoms with Crippen LogP contribution < -0.4 is 10.1 Å². The fourth-order valence-electron chi connectivity index (χ4n) is 2.01. The molecule has 1 aromatic carbocycles. The first-order valence-electron chi connectivity index (χ1n) is 7.15. The lowest BCUT2D eigenvalue weighted by atomic mass is 10.2. The zero-order chi connectivity index (χ0) is 14.2. The Morgan fingerprint density at radius 1 is 1.15 bits per heavy atom. The first kappa shape index (κ1) is 14.8. The Morgan fingerprint density at radius 3 is 2.80 bits per heavy atom. The van der Waals surface area contributed by atoms with E-state index in [0.29, 0.717) is 19.8 Å². The summed E-state index contributed by atoms with van der Waals surface area (Å²) in [6.45, 7) is 7.62. The van der Waals surface area contributed by atoms with Crippen LogP contribution in [0.25, 0.3) is 10.9 Å². The average molecular weight is 274 g/mol. The zero-order valence-electron chi connectivity index (χ0n) is 12.2. The molecular weight excluding hydrogens is 252 g/mol. The molecule has 0 bridgehead atoms. The minimum Gasteiger partial charge on any atom is -0.490 e. The summed E-state index contributed by atoms with van der Waals surface area (Å²) in [5.41, 5.74) is 1.96. The molecule has 0 aliphatic heterocycles. The lowest BCUT2D eigenvalue weighted by Crippen LogP contribution is -2.13. The predicted octanol–water partition coefficient (Wildman–Crippen LogP) is 2.76. The lowest BCUT2D eigenvalue weighted by molar-refractivity contribution is 0.110. The summed E-state index contributed by atoms with van der Waals surface area (Å²) in [5, 5.41) is 4.34. The lowest BCUT2D eigenvalue weighted by Gasteiger charge is -2.11. The van der Waals surface area contributed by atoms with Crippen LogP contribution in [0.5, 0.6) is 5.75 Å². The molecule has 1 N–H and O–H groups in total. The van der Waals surface area contributed by atoms with Crippen molar-refractivity contribution in [2.45, 2.75) is 20.4 Å². The molecular formula is C16H22N2O2. The number of rotatable bonds is 8. The van der Waals surface area contributed by atoms with Crippen molar-refractivity contribution in [1.29, 1.82) is 0 Å². The van der Waals surface area contributed by atoms with Gasteiger partial charge in [0.15, 0.2) is 0 Å². The molecule has 20 heavy (non-hydrogen) atoms. The van der Waals surface area contributed by atoms with Crippen LogP contribution in [0, 0.1) is 0 Å². The number of para-hydroxylation sites is 1. The summed E-state index contributed by atoms with van der Waals surface area (Å²) in [6.07, 6.45) is 0. The fraction of sp³-hybridized carbons (Fsp3) is 0.438. The van der Waals surface area contributed by atoms with Crippen LogP contribution >= 0.6 is 0 Å². The maximum Gasteiger partial charge on any atom is 0.130 e. The van der Waals surface area contributed by atoms with Crippen LogP contribution in [0.4, 0.5) is 0 Å². The molecule has 1 heterocycles. The van der Waals surface area contributed by atoms with E-state index in [4.69, 9.17) is 9.47 Å². The van der Waals surface area contributed by atoms with E-state index in [0.717, 1.165) is 35.4 Å². The molecule has 1 aromatic heterocycles. The zero-order valence-corrected chi connectivity index (χ0v) is 12.2. The van der Waals surface area contributed by atoms with Crippen LogP contribution in [0.1, 0.15) is 19.5 Å². The Balaban J connectivity index is 2.19. The van der Waals surface area contributed by atoms with Crippen molar-refractivity contribution in [3.05, 3.63) is 36.0 Å². The number of ether oxygens (including phenoxy) is 2. The molecule has 0 saturated carbocycles. The Morgan fingerprint density at radius 2 is 2.00 bits per heavy atom. The van der Waals surface area contributed by atoms with Crippen LogP contribution in [0.2, 0.25) is 0 Å². The first-order chi connectivity index (χ1) is 9.85. The van der Waals surface area contributed by atoms with Crippen molar-refractivity contribution in [3.8, 4) is 5.75 Å². The predicted molar refractivity (Wildman–Crippen MR) is 81.1 cm³/mol. The Kier molecular flexibility index (Phi) is 5.77. The molecule has 0 spiro atoms. The molecule has 0 unspecified atom stereocenters. The number of hydrogen-bond donors (Lipinski definition) is 1. The first-order valence-corrected chi connectivity index (χ1v) is 7.15. The minimum absolute atomic E-state index is 0.558. The summed E-state index contributed by atoms with van der Waals surface area (Å²) in [7, 11) is 0. The molecule has 0 amide bonds. The standard InChI is InChI=1S/C16H22N2O2/c1-3-17-12-13-11-16(20-10-9-19-4-2)14-7-5-6-8-15(14)18-13/h5-8,11,17H,3-4,9-10,12H2,1-2H3. The highest BCUT2D eigenvalue weighted by molar-refractivity contribution is 5.85. The van der Waals surface area contributed by atoms with E-state index in [9.17, 15) is 0 Å². The van der Waals surface area contributed by atoms with Gasteiger partial charge in [-0.05, 0) is 25.6 Å². The second kappa shape index (κ2) is 7.82. The molecule has 2 rings (SSSR count). The molecule has 4 nitrogen and oxygen atoms in total. The quantitative estimate of drug-likeness (QED) is 0.752. The van der Waals surface area contributed by atoms with Crippen LogP contribution in [-0.4, -0.2) is 31.3 Å². The van der Waals surface area contributed by atoms with E-state index < -0.39 is 0 Å². The van der Waals surface area contributed by atoms with Gasteiger partial charge >= 0.3 is 0 Å². The smallest absolute Gasteiger partial charge is 0.130 e. The second-order valence-electron chi connectivity index (χ2n) is 4.45. The van der Waals surface area contributed by atoms with Crippen molar-refractivity contribution >= 4 is 10.9 Å². The van der Waals surface area contributed by atoms with Gasteiger partial charge in [0.1, 0.15) is 12.4 Å². The average Bonchev–Trinajstić information content (AvgIpc) is 2.49. The second-order valence-corrected chi connectivity index (χ2v) is 4.45. The number of nitrogens with zero attached hydrogens (tertiary/aromatic N) is 1. The minimum atomic E-state index is 0.558. The molecule has 0 aliphatic carbocycles. The summed E-state index contributed by atoms with van der Waals surface area (Å²) in [4.78, 5) is 4.64. The number of hydrogen-bond acceptors (Lipinski definition) is 4. The molecule has 2 aromatic rings. The van der Waals surface area contributed by atoms with Gasteiger partial charge in [-0.2, -0.15) is 0 Å². The number of aromatic nitrogens is 1. The number of pyridine rings is 1. The summed E-state index contributed by atoms with van der Waals surface area (Å²) >= 11 is 0.